The van der Waals surface area contributed by atoms with Crippen LogP contribution in [0.25, 0.3) is 11.4 Å². The quantitative estimate of drug-likeness (QED) is 0.597. The number of halogens is 1. The summed E-state index contributed by atoms with van der Waals surface area (Å²) in [6.45, 7) is 4.27. The van der Waals surface area contributed by atoms with E-state index in [4.69, 9.17) is 11.6 Å². The molecular formula is C18H19ClN4OS2. The fourth-order valence-electron chi connectivity index (χ4n) is 2.64. The Labute approximate surface area is 165 Å². The van der Waals surface area contributed by atoms with Gasteiger partial charge >= 0.3 is 0 Å². The predicted octanol–water partition coefficient (Wildman–Crippen LogP) is 4.80. The largest absolute Gasteiger partial charge is 0.325 e. The summed E-state index contributed by atoms with van der Waals surface area (Å²) in [4.78, 5) is 13.4. The van der Waals surface area contributed by atoms with E-state index < -0.39 is 0 Å². The lowest BCUT2D eigenvalue weighted by Crippen LogP contribution is -2.14. The number of benzene rings is 1. The number of nitrogens with zero attached hydrogens (tertiary/aromatic N) is 3. The molecule has 0 atom stereocenters. The van der Waals surface area contributed by atoms with E-state index in [-0.39, 0.29) is 11.7 Å². The molecule has 0 saturated carbocycles. The van der Waals surface area contributed by atoms with Crippen LogP contribution in [-0.4, -0.2) is 26.4 Å². The Morgan fingerprint density at radius 1 is 1.31 bits per heavy atom. The normalized spacial score (nSPS) is 10.9. The van der Waals surface area contributed by atoms with Gasteiger partial charge in [-0.1, -0.05) is 30.3 Å². The maximum Gasteiger partial charge on any atom is 0.234 e. The number of rotatable bonds is 6. The van der Waals surface area contributed by atoms with E-state index in [2.05, 4.69) is 34.7 Å². The van der Waals surface area contributed by atoms with Gasteiger partial charge in [-0.25, -0.2) is 0 Å². The van der Waals surface area contributed by atoms with Gasteiger partial charge in [0.2, 0.25) is 5.91 Å². The molecule has 8 heteroatoms. The lowest BCUT2D eigenvalue weighted by atomic mass is 10.1. The van der Waals surface area contributed by atoms with Crippen LogP contribution in [0.2, 0.25) is 5.02 Å². The maximum absolute atomic E-state index is 12.1. The van der Waals surface area contributed by atoms with Crippen LogP contribution in [0.15, 0.2) is 34.8 Å². The SMILES string of the molecule is CCc1c(-c2nnc(SCC(=O)Nc3ccc(Cl)cc3)n2C)csc1C. The monoisotopic (exact) mass is 406 g/mol. The Morgan fingerprint density at radius 3 is 2.73 bits per heavy atom. The summed E-state index contributed by atoms with van der Waals surface area (Å²) in [5.74, 6) is 1.01. The van der Waals surface area contributed by atoms with Crippen molar-refractivity contribution in [2.75, 3.05) is 11.1 Å². The van der Waals surface area contributed by atoms with Crippen LogP contribution in [0, 0.1) is 6.92 Å². The third kappa shape index (κ3) is 4.11. The third-order valence-corrected chi connectivity index (χ3v) is 6.22. The van der Waals surface area contributed by atoms with Crippen LogP contribution in [0.1, 0.15) is 17.4 Å². The molecule has 5 nitrogen and oxygen atoms in total. The standard InChI is InChI=1S/C18H19ClN4OS2/c1-4-14-11(2)25-9-15(14)17-21-22-18(23(17)3)26-10-16(24)20-13-7-5-12(19)6-8-13/h5-9H,4,10H2,1-3H3,(H,20,24). The molecule has 0 aliphatic rings. The minimum atomic E-state index is -0.0949. The van der Waals surface area contributed by atoms with E-state index in [0.29, 0.717) is 5.02 Å². The minimum Gasteiger partial charge on any atom is -0.325 e. The number of aromatic nitrogens is 3. The van der Waals surface area contributed by atoms with Crippen molar-refractivity contribution in [2.45, 2.75) is 25.4 Å². The van der Waals surface area contributed by atoms with Crippen molar-refractivity contribution in [3.63, 3.8) is 0 Å². The van der Waals surface area contributed by atoms with Gasteiger partial charge in [0.1, 0.15) is 0 Å². The molecule has 0 radical (unpaired) electrons. The number of nitrogens with one attached hydrogen (secondary N) is 1. The molecule has 0 bridgehead atoms. The van der Waals surface area contributed by atoms with E-state index in [9.17, 15) is 4.79 Å². The van der Waals surface area contributed by atoms with Crippen molar-refractivity contribution in [1.29, 1.82) is 0 Å². The number of carbonyl (C=O) groups is 1. The van der Waals surface area contributed by atoms with Crippen LogP contribution < -0.4 is 5.32 Å². The number of amides is 1. The average molecular weight is 407 g/mol. The molecule has 3 aromatic rings. The highest BCUT2D eigenvalue weighted by atomic mass is 35.5. The van der Waals surface area contributed by atoms with Gasteiger partial charge < -0.3 is 9.88 Å². The molecule has 1 N–H and O–H groups in total. The number of thiophene rings is 1. The molecule has 26 heavy (non-hydrogen) atoms. The first kappa shape index (κ1) is 18.9. The molecule has 2 aromatic heterocycles. The van der Waals surface area contributed by atoms with Crippen molar-refractivity contribution >= 4 is 46.3 Å². The average Bonchev–Trinajstić information content (AvgIpc) is 3.17. The highest BCUT2D eigenvalue weighted by molar-refractivity contribution is 7.99. The van der Waals surface area contributed by atoms with Crippen LogP contribution in [0.3, 0.4) is 0 Å². The van der Waals surface area contributed by atoms with Crippen molar-refractivity contribution < 1.29 is 4.79 Å². The first-order chi connectivity index (χ1) is 12.5. The van der Waals surface area contributed by atoms with Gasteiger partial charge in [0.15, 0.2) is 11.0 Å². The number of hydrogen-bond donors (Lipinski definition) is 1. The summed E-state index contributed by atoms with van der Waals surface area (Å²) in [5.41, 5.74) is 3.16. The van der Waals surface area contributed by atoms with E-state index in [1.54, 1.807) is 35.6 Å². The highest BCUT2D eigenvalue weighted by Crippen LogP contribution is 2.31. The molecule has 3 rings (SSSR count). The predicted molar refractivity (Wildman–Crippen MR) is 109 cm³/mol. The second kappa shape index (κ2) is 8.24. The second-order valence-electron chi connectivity index (χ2n) is 5.75. The summed E-state index contributed by atoms with van der Waals surface area (Å²) >= 11 is 8.94. The minimum absolute atomic E-state index is 0.0949. The fourth-order valence-corrected chi connectivity index (χ4v) is 4.42. The first-order valence-corrected chi connectivity index (χ1v) is 10.4. The zero-order valence-electron chi connectivity index (χ0n) is 14.7. The van der Waals surface area contributed by atoms with Crippen molar-refractivity contribution in [1.82, 2.24) is 14.8 Å². The molecule has 0 spiro atoms. The summed E-state index contributed by atoms with van der Waals surface area (Å²) in [5, 5.41) is 14.9. The lowest BCUT2D eigenvalue weighted by Gasteiger charge is -2.06. The molecule has 1 aromatic carbocycles. The number of aryl methyl sites for hydroxylation is 1. The summed E-state index contributed by atoms with van der Waals surface area (Å²) in [7, 11) is 1.93. The van der Waals surface area contributed by atoms with E-state index in [1.165, 1.54) is 22.2 Å². The maximum atomic E-state index is 12.1. The van der Waals surface area contributed by atoms with Crippen LogP contribution in [0.5, 0.6) is 0 Å². The van der Waals surface area contributed by atoms with Crippen LogP contribution >= 0.6 is 34.7 Å². The smallest absolute Gasteiger partial charge is 0.234 e. The first-order valence-electron chi connectivity index (χ1n) is 8.14. The summed E-state index contributed by atoms with van der Waals surface area (Å²) in [6.07, 6.45) is 0.962. The van der Waals surface area contributed by atoms with Gasteiger partial charge in [-0.05, 0) is 43.2 Å². The van der Waals surface area contributed by atoms with Gasteiger partial charge in [0.25, 0.3) is 0 Å². The zero-order chi connectivity index (χ0) is 18.7. The Bertz CT molecular complexity index is 918. The number of hydrogen-bond acceptors (Lipinski definition) is 5. The van der Waals surface area contributed by atoms with Gasteiger partial charge in [-0.15, -0.1) is 21.5 Å². The van der Waals surface area contributed by atoms with Crippen molar-refractivity contribution in [3.8, 4) is 11.4 Å². The third-order valence-electron chi connectivity index (χ3n) is 3.99. The zero-order valence-corrected chi connectivity index (χ0v) is 17.1. The molecule has 0 saturated heterocycles. The van der Waals surface area contributed by atoms with Gasteiger partial charge in [-0.2, -0.15) is 0 Å². The Morgan fingerprint density at radius 2 is 2.04 bits per heavy atom. The lowest BCUT2D eigenvalue weighted by molar-refractivity contribution is -0.113. The van der Waals surface area contributed by atoms with Gasteiger partial charge in [0.05, 0.1) is 5.75 Å². The van der Waals surface area contributed by atoms with E-state index in [0.717, 1.165) is 28.7 Å². The highest BCUT2D eigenvalue weighted by Gasteiger charge is 2.17. The molecule has 0 unspecified atom stereocenters. The fraction of sp³-hybridized carbons (Fsp3) is 0.278. The summed E-state index contributed by atoms with van der Waals surface area (Å²) < 4.78 is 1.95. The second-order valence-corrected chi connectivity index (χ2v) is 8.21. The van der Waals surface area contributed by atoms with Gasteiger partial charge in [0, 0.05) is 33.6 Å². The molecule has 2 heterocycles. The van der Waals surface area contributed by atoms with E-state index in [1.807, 2.05) is 11.6 Å². The van der Waals surface area contributed by atoms with Crippen LogP contribution in [-0.2, 0) is 18.3 Å². The Balaban J connectivity index is 1.66. The summed E-state index contributed by atoms with van der Waals surface area (Å²) in [6, 6.07) is 7.04. The van der Waals surface area contributed by atoms with Crippen molar-refractivity contribution in [3.05, 3.63) is 45.1 Å². The van der Waals surface area contributed by atoms with Crippen molar-refractivity contribution in [2.24, 2.45) is 7.05 Å². The Hall–Kier alpha value is -1.83. The molecule has 136 valence electrons. The molecule has 0 aliphatic heterocycles. The Kier molecular flexibility index (Phi) is 6.01. The number of anilines is 1. The molecule has 0 fully saturated rings. The number of carbonyl (C=O) groups excluding carboxylic acids is 1. The molecule has 1 amide bonds. The topological polar surface area (TPSA) is 59.8 Å². The van der Waals surface area contributed by atoms with Gasteiger partial charge in [-0.3, -0.25) is 4.79 Å². The molecule has 0 aliphatic carbocycles. The van der Waals surface area contributed by atoms with E-state index >= 15 is 0 Å². The van der Waals surface area contributed by atoms with Crippen LogP contribution in [0.4, 0.5) is 5.69 Å². The number of thioether (sulfide) groups is 1. The molecular weight excluding hydrogens is 388 g/mol.